The Hall–Kier alpha value is -2.32. The number of carbonyl (C=O) groups excluding carboxylic acids is 4. The van der Waals surface area contributed by atoms with Gasteiger partial charge >= 0.3 is 12.1 Å². The number of likely N-dealkylation sites (tertiary alicyclic amines) is 1. The molecule has 0 radical (unpaired) electrons. The lowest BCUT2D eigenvalue weighted by atomic mass is 10.0. The number of carbonyl (C=O) groups is 4. The molecule has 3 N–H and O–H groups in total. The average molecular weight is 482 g/mol. The monoisotopic (exact) mass is 481 g/mol. The van der Waals surface area contributed by atoms with Crippen LogP contribution in [0.2, 0.25) is 0 Å². The van der Waals surface area contributed by atoms with Crippen molar-refractivity contribution < 1.29 is 28.7 Å². The highest BCUT2D eigenvalue weighted by Gasteiger charge is 2.43. The highest BCUT2D eigenvalue weighted by Crippen LogP contribution is 2.43. The Kier molecular flexibility index (Phi) is 10.6. The summed E-state index contributed by atoms with van der Waals surface area (Å²) in [7, 11) is 0. The van der Waals surface area contributed by atoms with E-state index >= 15 is 0 Å². The van der Waals surface area contributed by atoms with E-state index in [9.17, 15) is 19.2 Å². The molecule has 2 aliphatic rings. The van der Waals surface area contributed by atoms with Crippen LogP contribution in [0.15, 0.2) is 0 Å². The van der Waals surface area contributed by atoms with Gasteiger partial charge in [-0.25, -0.2) is 4.79 Å². The van der Waals surface area contributed by atoms with Crippen molar-refractivity contribution in [3.8, 4) is 0 Å². The van der Waals surface area contributed by atoms with Gasteiger partial charge in [-0.2, -0.15) is 0 Å². The molecule has 4 atom stereocenters. The van der Waals surface area contributed by atoms with Crippen LogP contribution in [0.4, 0.5) is 4.79 Å². The van der Waals surface area contributed by atoms with Crippen LogP contribution < -0.4 is 11.1 Å². The van der Waals surface area contributed by atoms with E-state index in [0.29, 0.717) is 31.9 Å². The topological polar surface area (TPSA) is 128 Å². The van der Waals surface area contributed by atoms with Gasteiger partial charge in [-0.3, -0.25) is 14.4 Å². The van der Waals surface area contributed by atoms with Crippen LogP contribution in [0, 0.1) is 11.8 Å². The molecule has 0 bridgehead atoms. The van der Waals surface area contributed by atoms with E-state index in [1.54, 1.807) is 20.8 Å². The van der Waals surface area contributed by atoms with E-state index in [4.69, 9.17) is 15.2 Å². The highest BCUT2D eigenvalue weighted by molar-refractivity contribution is 5.91. The van der Waals surface area contributed by atoms with E-state index in [2.05, 4.69) is 5.32 Å². The summed E-state index contributed by atoms with van der Waals surface area (Å²) in [4.78, 5) is 50.4. The highest BCUT2D eigenvalue weighted by atomic mass is 16.6. The Balaban J connectivity index is 1.76. The fraction of sp³-hybridized carbons (Fsp3) is 0.840. The molecule has 0 unspecified atom stereocenters. The molecule has 9 nitrogen and oxygen atoms in total. The molecule has 194 valence electrons. The first-order valence-corrected chi connectivity index (χ1v) is 12.8. The Labute approximate surface area is 203 Å². The zero-order valence-electron chi connectivity index (χ0n) is 21.3. The van der Waals surface area contributed by atoms with Gasteiger partial charge in [0.15, 0.2) is 0 Å². The van der Waals surface area contributed by atoms with Gasteiger partial charge in [-0.05, 0) is 65.7 Å². The van der Waals surface area contributed by atoms with E-state index in [1.165, 1.54) is 4.90 Å². The Morgan fingerprint density at radius 1 is 1.09 bits per heavy atom. The van der Waals surface area contributed by atoms with Gasteiger partial charge < -0.3 is 25.4 Å². The maximum Gasteiger partial charge on any atom is 0.408 e. The quantitative estimate of drug-likeness (QED) is 0.307. The van der Waals surface area contributed by atoms with Crippen molar-refractivity contribution in [2.45, 2.75) is 110 Å². The number of hydrogen-bond acceptors (Lipinski definition) is 6. The summed E-state index contributed by atoms with van der Waals surface area (Å²) in [5.41, 5.74) is 4.80. The van der Waals surface area contributed by atoms with Crippen LogP contribution in [0.25, 0.3) is 0 Å². The van der Waals surface area contributed by atoms with Crippen LogP contribution in [-0.4, -0.2) is 59.6 Å². The first kappa shape index (κ1) is 27.9. The lowest BCUT2D eigenvalue weighted by Gasteiger charge is -2.29. The second-order valence-corrected chi connectivity index (χ2v) is 10.5. The summed E-state index contributed by atoms with van der Waals surface area (Å²) in [6, 6.07) is -1.36. The number of hydrogen-bond donors (Lipinski definition) is 2. The van der Waals surface area contributed by atoms with Gasteiger partial charge in [0.2, 0.25) is 11.8 Å². The molecule has 0 aromatic rings. The Morgan fingerprint density at radius 3 is 2.41 bits per heavy atom. The predicted octanol–water partition coefficient (Wildman–Crippen LogP) is 3.29. The number of unbranched alkanes of at least 4 members (excludes halogenated alkanes) is 4. The van der Waals surface area contributed by atoms with Gasteiger partial charge in [0, 0.05) is 6.54 Å². The van der Waals surface area contributed by atoms with E-state index in [1.807, 2.05) is 6.92 Å². The van der Waals surface area contributed by atoms with Crippen LogP contribution in [-0.2, 0) is 23.9 Å². The predicted molar refractivity (Wildman–Crippen MR) is 128 cm³/mol. The van der Waals surface area contributed by atoms with Gasteiger partial charge in [0.25, 0.3) is 0 Å². The maximum atomic E-state index is 13.2. The third kappa shape index (κ3) is 9.14. The first-order valence-electron chi connectivity index (χ1n) is 12.8. The zero-order valence-corrected chi connectivity index (χ0v) is 21.3. The zero-order chi connectivity index (χ0) is 25.3. The summed E-state index contributed by atoms with van der Waals surface area (Å²) in [5.74, 6) is -0.274. The smallest absolute Gasteiger partial charge is 0.408 e. The summed E-state index contributed by atoms with van der Waals surface area (Å²) >= 11 is 0. The Morgan fingerprint density at radius 2 is 1.76 bits per heavy atom. The number of nitrogens with zero attached hydrogens (tertiary/aromatic N) is 1. The summed E-state index contributed by atoms with van der Waals surface area (Å²) in [5, 5.41) is 2.71. The second-order valence-electron chi connectivity index (χ2n) is 10.5. The van der Waals surface area contributed by atoms with Crippen molar-refractivity contribution in [1.82, 2.24) is 10.2 Å². The van der Waals surface area contributed by atoms with Crippen molar-refractivity contribution in [2.75, 3.05) is 13.2 Å². The van der Waals surface area contributed by atoms with Crippen LogP contribution in [0.1, 0.15) is 91.9 Å². The molecule has 1 aliphatic heterocycles. The molecule has 1 heterocycles. The number of nitrogens with two attached hydrogens (primary N) is 1. The van der Waals surface area contributed by atoms with Crippen molar-refractivity contribution >= 4 is 23.9 Å². The van der Waals surface area contributed by atoms with Gasteiger partial charge in [0.05, 0.1) is 12.5 Å². The molecular formula is C25H43N3O6. The Bertz CT molecular complexity index is 720. The standard InChI is InChI=1S/C25H43N3O6/c1-5-33-23(31)18-16-17(18)12-9-7-6-8-10-13-19(27-24(32)34-25(2,3)4)22(30)28-15-11-14-20(28)21(26)29/h17-20H,5-16H2,1-4H3,(H2,26,29)(H,27,32)/t17-,18+,19+,20+/m1/s1. The maximum absolute atomic E-state index is 13.2. The molecule has 2 fully saturated rings. The minimum atomic E-state index is -0.744. The minimum absolute atomic E-state index is 0.0581. The average Bonchev–Trinajstić information content (AvgIpc) is 3.34. The van der Waals surface area contributed by atoms with E-state index < -0.39 is 29.7 Å². The number of primary amides is 1. The fourth-order valence-corrected chi connectivity index (χ4v) is 4.62. The molecule has 34 heavy (non-hydrogen) atoms. The SMILES string of the molecule is CCOC(=O)[C@H]1C[C@H]1CCCCCCC[C@H](NC(=O)OC(C)(C)C)C(=O)N1CCC[C@H]1C(N)=O. The summed E-state index contributed by atoms with van der Waals surface area (Å²) in [6.45, 7) is 8.04. The van der Waals surface area contributed by atoms with E-state index in [0.717, 1.165) is 51.4 Å². The molecule has 1 saturated carbocycles. The molecule has 0 spiro atoms. The van der Waals surface area contributed by atoms with Gasteiger partial charge in [-0.1, -0.05) is 32.1 Å². The van der Waals surface area contributed by atoms with Gasteiger partial charge in [-0.15, -0.1) is 0 Å². The largest absolute Gasteiger partial charge is 0.466 e. The molecule has 3 amide bonds. The van der Waals surface area contributed by atoms with Crippen molar-refractivity contribution in [3.63, 3.8) is 0 Å². The molecule has 1 saturated heterocycles. The normalized spacial score (nSPS) is 22.7. The van der Waals surface area contributed by atoms with Crippen LogP contribution in [0.5, 0.6) is 0 Å². The van der Waals surface area contributed by atoms with Crippen molar-refractivity contribution in [1.29, 1.82) is 0 Å². The van der Waals surface area contributed by atoms with E-state index in [-0.39, 0.29) is 17.8 Å². The first-order chi connectivity index (χ1) is 16.0. The molecular weight excluding hydrogens is 438 g/mol. The number of rotatable bonds is 13. The molecule has 2 rings (SSSR count). The van der Waals surface area contributed by atoms with Crippen molar-refractivity contribution in [2.24, 2.45) is 17.6 Å². The lowest BCUT2D eigenvalue weighted by Crippen LogP contribution is -2.53. The number of amides is 3. The van der Waals surface area contributed by atoms with Crippen LogP contribution in [0.3, 0.4) is 0 Å². The molecule has 1 aliphatic carbocycles. The molecule has 0 aromatic heterocycles. The summed E-state index contributed by atoms with van der Waals surface area (Å²) in [6.07, 6.45) is 7.99. The number of nitrogens with one attached hydrogen (secondary N) is 1. The lowest BCUT2D eigenvalue weighted by molar-refractivity contribution is -0.145. The number of alkyl carbamates (subject to hydrolysis) is 1. The minimum Gasteiger partial charge on any atom is -0.466 e. The third-order valence-corrected chi connectivity index (χ3v) is 6.43. The second kappa shape index (κ2) is 13.0. The fourth-order valence-electron chi connectivity index (χ4n) is 4.62. The third-order valence-electron chi connectivity index (χ3n) is 6.43. The van der Waals surface area contributed by atoms with Crippen molar-refractivity contribution in [3.05, 3.63) is 0 Å². The summed E-state index contributed by atoms with van der Waals surface area (Å²) < 4.78 is 10.4. The number of esters is 1. The number of ether oxygens (including phenoxy) is 2. The van der Waals surface area contributed by atoms with Crippen LogP contribution >= 0.6 is 0 Å². The molecule has 0 aromatic carbocycles. The van der Waals surface area contributed by atoms with Gasteiger partial charge in [0.1, 0.15) is 17.7 Å². The molecule has 9 heteroatoms.